The highest BCUT2D eigenvalue weighted by atomic mass is 33.1. The number of alkyl carbamates (subject to hydrolysis) is 1. The fraction of sp³-hybridized carbons (Fsp3) is 0.617. The van der Waals surface area contributed by atoms with Crippen LogP contribution < -0.4 is 16.2 Å². The molecule has 20 nitrogen and oxygen atoms in total. The first-order valence-corrected chi connectivity index (χ1v) is 30.9. The molecule has 2 amide bonds. The quantitative estimate of drug-likeness (QED) is 0.0195. The maximum absolute atomic E-state index is 15.4. The highest BCUT2D eigenvalue weighted by molar-refractivity contribution is 8.77. The van der Waals surface area contributed by atoms with E-state index in [0.29, 0.717) is 159 Å². The average Bonchev–Trinajstić information content (AvgIpc) is 1.84. The third-order valence-electron chi connectivity index (χ3n) is 14.3. The first kappa shape index (κ1) is 65.8. The molecule has 4 heterocycles. The number of ether oxygens (including phenoxy) is 11. The SMILES string of the molecule is CC[C@@]1(O)C(=O)OCc2c1cc1n(c2=O)Cc2c-1nc1cc(F)c(C)c3c1c2[C@@H](NC(=O)OCc1ccc(SSC(C)(C)CNC(=O)CCOCCOCCOCCOCCOCCOCCOCCOCCOCCC(C)C)cc1)CC3. The van der Waals surface area contributed by atoms with E-state index in [-0.39, 0.29) is 61.0 Å². The molecule has 0 saturated carbocycles. The van der Waals surface area contributed by atoms with E-state index in [0.717, 1.165) is 40.0 Å². The van der Waals surface area contributed by atoms with Crippen LogP contribution in [0, 0.1) is 18.7 Å². The molecule has 2 atom stereocenters. The number of hydrogen-bond donors (Lipinski definition) is 3. The van der Waals surface area contributed by atoms with Crippen molar-refractivity contribution in [1.82, 2.24) is 20.2 Å². The van der Waals surface area contributed by atoms with E-state index < -0.39 is 35.1 Å². The molecule has 4 aromatic rings. The molecule has 3 N–H and O–H groups in total. The summed E-state index contributed by atoms with van der Waals surface area (Å²) in [5.74, 6) is -0.685. The maximum atomic E-state index is 15.4. The Labute approximate surface area is 493 Å². The van der Waals surface area contributed by atoms with Crippen molar-refractivity contribution in [3.8, 4) is 11.4 Å². The number of fused-ring (bicyclic) bond motifs is 5. The summed E-state index contributed by atoms with van der Waals surface area (Å²) >= 11 is 0. The summed E-state index contributed by atoms with van der Waals surface area (Å²) in [5.41, 5.74) is 2.66. The van der Waals surface area contributed by atoms with Crippen molar-refractivity contribution in [1.29, 1.82) is 0 Å². The van der Waals surface area contributed by atoms with Gasteiger partial charge in [-0.05, 0) is 92.8 Å². The lowest BCUT2D eigenvalue weighted by molar-refractivity contribution is -0.172. The van der Waals surface area contributed by atoms with Gasteiger partial charge in [0.1, 0.15) is 19.0 Å². The molecule has 83 heavy (non-hydrogen) atoms. The van der Waals surface area contributed by atoms with E-state index in [2.05, 4.69) is 38.3 Å². The zero-order valence-corrected chi connectivity index (χ0v) is 50.5. The Morgan fingerprint density at radius 3 is 1.92 bits per heavy atom. The zero-order chi connectivity index (χ0) is 59.2. The van der Waals surface area contributed by atoms with Gasteiger partial charge in [0.05, 0.1) is 147 Å². The van der Waals surface area contributed by atoms with Gasteiger partial charge in [-0.25, -0.2) is 19.0 Å². The van der Waals surface area contributed by atoms with E-state index in [1.165, 1.54) is 10.6 Å². The molecule has 0 fully saturated rings. The molecule has 1 aliphatic carbocycles. The second kappa shape index (κ2) is 33.2. The number of aliphatic hydroxyl groups is 1. The Morgan fingerprint density at radius 2 is 1.36 bits per heavy atom. The lowest BCUT2D eigenvalue weighted by Gasteiger charge is -2.31. The second-order valence-electron chi connectivity index (χ2n) is 21.4. The Balaban J connectivity index is 0.703. The summed E-state index contributed by atoms with van der Waals surface area (Å²) in [7, 11) is 3.21. The summed E-state index contributed by atoms with van der Waals surface area (Å²) in [4.78, 5) is 58.8. The Morgan fingerprint density at radius 1 is 0.807 bits per heavy atom. The minimum atomic E-state index is -2.00. The highest BCUT2D eigenvalue weighted by Crippen LogP contribution is 2.46. The van der Waals surface area contributed by atoms with Crippen molar-refractivity contribution in [3.05, 3.63) is 91.5 Å². The van der Waals surface area contributed by atoms with Crippen LogP contribution in [-0.4, -0.2) is 163 Å². The van der Waals surface area contributed by atoms with Gasteiger partial charge >= 0.3 is 12.1 Å². The van der Waals surface area contributed by atoms with Crippen LogP contribution in [-0.2, 0) is 93.5 Å². The molecule has 3 aliphatic rings. The van der Waals surface area contributed by atoms with Crippen LogP contribution in [0.2, 0.25) is 0 Å². The monoisotopic (exact) mass is 1200 g/mol. The number of nitrogens with one attached hydrogen (secondary N) is 2. The van der Waals surface area contributed by atoms with E-state index >= 15 is 4.39 Å². The predicted octanol–water partition coefficient (Wildman–Crippen LogP) is 7.66. The molecule has 0 spiro atoms. The highest BCUT2D eigenvalue weighted by Gasteiger charge is 2.46. The molecule has 0 saturated heterocycles. The topological polar surface area (TPSA) is 232 Å². The maximum Gasteiger partial charge on any atom is 0.407 e. The van der Waals surface area contributed by atoms with E-state index in [1.54, 1.807) is 41.5 Å². The van der Waals surface area contributed by atoms with Gasteiger partial charge in [-0.2, -0.15) is 0 Å². The molecule has 0 bridgehead atoms. The number of aryl methyl sites for hydroxylation is 1. The van der Waals surface area contributed by atoms with Crippen LogP contribution in [0.4, 0.5) is 9.18 Å². The van der Waals surface area contributed by atoms with Crippen molar-refractivity contribution in [2.24, 2.45) is 5.92 Å². The first-order chi connectivity index (χ1) is 40.1. The van der Waals surface area contributed by atoms with Crippen LogP contribution in [0.3, 0.4) is 0 Å². The molecule has 7 rings (SSSR count). The molecular formula is C60H83FN4O16S2. The van der Waals surface area contributed by atoms with Gasteiger partial charge in [-0.3, -0.25) is 9.59 Å². The molecular weight excluding hydrogens is 1120 g/mol. The first-order valence-electron chi connectivity index (χ1n) is 28.8. The number of rotatable bonds is 39. The van der Waals surface area contributed by atoms with Crippen LogP contribution in [0.15, 0.2) is 46.1 Å². The normalized spacial score (nSPS) is 16.3. The second-order valence-corrected chi connectivity index (χ2v) is 24.3. The lowest BCUT2D eigenvalue weighted by Crippen LogP contribution is -2.44. The van der Waals surface area contributed by atoms with Crippen molar-refractivity contribution in [2.75, 3.05) is 125 Å². The largest absolute Gasteiger partial charge is 0.458 e. The number of carbonyl (C=O) groups excluding carboxylic acids is 3. The van der Waals surface area contributed by atoms with Crippen molar-refractivity contribution in [3.63, 3.8) is 0 Å². The molecule has 0 radical (unpaired) electrons. The number of nitrogens with zero attached hydrogens (tertiary/aromatic N) is 2. The Hall–Kier alpha value is -4.76. The number of benzene rings is 2. The number of pyridine rings is 2. The van der Waals surface area contributed by atoms with Crippen LogP contribution in [0.25, 0.3) is 22.3 Å². The van der Waals surface area contributed by atoms with Crippen LogP contribution in [0.1, 0.15) is 105 Å². The summed E-state index contributed by atoms with van der Waals surface area (Å²) in [6.45, 7) is 20.9. The standard InChI is InChI=1S/C60H83FN4O16S2/c1-7-60(70)47-34-51-55-45(36-65(51)56(67)46(47)38-80-57(60)68)54-49(13-12-44-41(4)48(61)35-50(63-55)53(44)54)64-58(69)81-37-42-8-10-43(11-9-42)82-83-59(5,6)39-62-52(66)15-17-72-19-21-74-23-25-76-27-29-78-31-33-79-32-30-77-28-26-75-24-22-73-20-18-71-16-14-40(2)3/h8-11,34-35,40,49,70H,7,12-33,36-39H2,1-6H3,(H,62,66)(H,64,69)/t49-,60-/m0/s1. The third-order valence-corrected chi connectivity index (χ3v) is 17.7. The number of halogens is 1. The van der Waals surface area contributed by atoms with Crippen LogP contribution >= 0.6 is 21.6 Å². The predicted molar refractivity (Wildman–Crippen MR) is 312 cm³/mol. The van der Waals surface area contributed by atoms with Crippen LogP contribution in [0.5, 0.6) is 0 Å². The fourth-order valence-corrected chi connectivity index (χ4v) is 11.8. The van der Waals surface area contributed by atoms with Gasteiger partial charge in [-0.15, -0.1) is 0 Å². The van der Waals surface area contributed by atoms with Crippen molar-refractivity contribution < 1.29 is 76.0 Å². The molecule has 23 heteroatoms. The minimum Gasteiger partial charge on any atom is -0.458 e. The number of carbonyl (C=O) groups is 3. The minimum absolute atomic E-state index is 0.00516. The van der Waals surface area contributed by atoms with Gasteiger partial charge in [0.2, 0.25) is 5.91 Å². The number of cyclic esters (lactones) is 1. The molecule has 2 aromatic heterocycles. The molecule has 2 aliphatic heterocycles. The Kier molecular flexibility index (Phi) is 26.3. The number of esters is 1. The zero-order valence-electron chi connectivity index (χ0n) is 48.9. The summed E-state index contributed by atoms with van der Waals surface area (Å²) in [6, 6.07) is 10.1. The van der Waals surface area contributed by atoms with E-state index in [4.69, 9.17) is 57.1 Å². The number of aromatic nitrogens is 2. The van der Waals surface area contributed by atoms with E-state index in [9.17, 15) is 24.3 Å². The average molecular weight is 1200 g/mol. The van der Waals surface area contributed by atoms with Crippen molar-refractivity contribution >= 4 is 50.5 Å². The van der Waals surface area contributed by atoms with Gasteiger partial charge < -0.3 is 72.4 Å². The fourth-order valence-electron chi connectivity index (χ4n) is 9.61. The smallest absolute Gasteiger partial charge is 0.407 e. The molecule has 0 unspecified atom stereocenters. The van der Waals surface area contributed by atoms with Gasteiger partial charge in [0.15, 0.2) is 5.60 Å². The summed E-state index contributed by atoms with van der Waals surface area (Å²) in [6.07, 6.45) is 1.58. The Bertz CT molecular complexity index is 2820. The van der Waals surface area contributed by atoms with Gasteiger partial charge in [0, 0.05) is 51.8 Å². The van der Waals surface area contributed by atoms with Crippen molar-refractivity contribution in [2.45, 2.75) is 115 Å². The summed E-state index contributed by atoms with van der Waals surface area (Å²) in [5, 5.41) is 18.2. The number of hydrogen-bond acceptors (Lipinski definition) is 19. The molecule has 458 valence electrons. The molecule has 2 aromatic carbocycles. The lowest BCUT2D eigenvalue weighted by atomic mass is 9.81. The summed E-state index contributed by atoms with van der Waals surface area (Å²) < 4.78 is 77.4. The third kappa shape index (κ3) is 19.1. The van der Waals surface area contributed by atoms with E-state index in [1.807, 2.05) is 24.3 Å². The number of amides is 2. The van der Waals surface area contributed by atoms with Gasteiger partial charge in [0.25, 0.3) is 5.56 Å². The van der Waals surface area contributed by atoms with Gasteiger partial charge in [-0.1, -0.05) is 54.5 Å².